The normalized spacial score (nSPS) is 22.0. The van der Waals surface area contributed by atoms with Crippen LogP contribution in [0.15, 0.2) is 36.9 Å². The summed E-state index contributed by atoms with van der Waals surface area (Å²) in [6.45, 7) is 7.72. The van der Waals surface area contributed by atoms with Crippen LogP contribution >= 0.6 is 0 Å². The number of anilines is 1. The fourth-order valence-electron chi connectivity index (χ4n) is 4.21. The summed E-state index contributed by atoms with van der Waals surface area (Å²) in [5.74, 6) is 0.218. The number of carbonyl (C=O) groups is 1. The Kier molecular flexibility index (Phi) is 7.93. The van der Waals surface area contributed by atoms with Crippen molar-refractivity contribution < 1.29 is 24.5 Å². The third kappa shape index (κ3) is 6.16. The van der Waals surface area contributed by atoms with Crippen LogP contribution in [0.4, 0.5) is 10.6 Å². The largest absolute Gasteiger partial charge is 0.448 e. The molecule has 1 aliphatic rings. The second kappa shape index (κ2) is 11.0. The molecule has 1 saturated heterocycles. The first-order valence-corrected chi connectivity index (χ1v) is 12.2. The molecule has 37 heavy (non-hydrogen) atoms. The minimum atomic E-state index is -1.19. The van der Waals surface area contributed by atoms with Crippen molar-refractivity contribution in [2.24, 2.45) is 0 Å². The van der Waals surface area contributed by atoms with Crippen LogP contribution in [0.2, 0.25) is 0 Å². The van der Waals surface area contributed by atoms with Gasteiger partial charge in [0, 0.05) is 19.6 Å². The summed E-state index contributed by atoms with van der Waals surface area (Å²) in [5, 5.41) is 23.9. The number of aliphatic hydroxyl groups is 2. The lowest BCUT2D eigenvalue weighted by molar-refractivity contribution is -0.0429. The molecule has 0 radical (unpaired) electrons. The van der Waals surface area contributed by atoms with Gasteiger partial charge in [0.15, 0.2) is 17.7 Å². The topological polar surface area (TPSA) is 161 Å². The fourth-order valence-corrected chi connectivity index (χ4v) is 4.21. The van der Waals surface area contributed by atoms with Crippen LogP contribution in [-0.4, -0.2) is 85.8 Å². The number of hydrogen-bond donors (Lipinski definition) is 4. The number of benzene rings is 1. The van der Waals surface area contributed by atoms with E-state index in [-0.39, 0.29) is 17.8 Å². The number of aliphatic hydroxyl groups excluding tert-OH is 2. The molecule has 12 heteroatoms. The first-order valence-electron chi connectivity index (χ1n) is 12.2. The maximum atomic E-state index is 12.1. The summed E-state index contributed by atoms with van der Waals surface area (Å²) < 4.78 is 12.8. The average Bonchev–Trinajstić information content (AvgIpc) is 3.40. The molecule has 0 aliphatic carbocycles. The molecule has 1 fully saturated rings. The van der Waals surface area contributed by atoms with Gasteiger partial charge in [0.25, 0.3) is 0 Å². The number of nitrogens with zero attached hydrogens (tertiary/aromatic N) is 5. The molecule has 3 aromatic rings. The Morgan fingerprint density at radius 1 is 1.19 bits per heavy atom. The highest BCUT2D eigenvalue weighted by Crippen LogP contribution is 2.32. The third-order valence-corrected chi connectivity index (χ3v) is 6.45. The molecule has 0 unspecified atom stereocenters. The summed E-state index contributed by atoms with van der Waals surface area (Å²) in [5.41, 5.74) is 8.93. The molecule has 4 atom stereocenters. The van der Waals surface area contributed by atoms with Crippen molar-refractivity contribution in [2.45, 2.75) is 57.3 Å². The molecule has 200 valence electrons. The van der Waals surface area contributed by atoms with Crippen LogP contribution in [0.5, 0.6) is 0 Å². The Bertz CT molecular complexity index is 1210. The van der Waals surface area contributed by atoms with Crippen molar-refractivity contribution in [2.75, 3.05) is 32.5 Å². The van der Waals surface area contributed by atoms with E-state index in [4.69, 9.17) is 15.2 Å². The summed E-state index contributed by atoms with van der Waals surface area (Å²) in [4.78, 5) is 26.2. The lowest BCUT2D eigenvalue weighted by atomic mass is 9.87. The second-order valence-corrected chi connectivity index (χ2v) is 10.3. The number of nitrogens with two attached hydrogens (primary N) is 1. The number of nitrogen functional groups attached to an aromatic ring is 1. The highest BCUT2D eigenvalue weighted by atomic mass is 16.6. The van der Waals surface area contributed by atoms with E-state index in [2.05, 4.69) is 53.2 Å². The van der Waals surface area contributed by atoms with Gasteiger partial charge in [-0.3, -0.25) is 4.57 Å². The Morgan fingerprint density at radius 2 is 1.92 bits per heavy atom. The number of nitrogens with one attached hydrogen (secondary N) is 1. The number of likely N-dealkylation sites (N-methyl/N-ethyl adjacent to an activating group) is 1. The summed E-state index contributed by atoms with van der Waals surface area (Å²) in [7, 11) is 1.81. The molecule has 0 saturated carbocycles. The molecule has 1 aliphatic heterocycles. The predicted octanol–water partition coefficient (Wildman–Crippen LogP) is 1.18. The number of amides is 1. The standard InChI is InChI=1S/C25H35N7O5/c1-25(2,3)16-7-5-15(6-8-16)11-27-24(35)36-10-9-31(4)12-17-19(33)20(34)23(37-17)32-14-30-18-21(26)28-13-29-22(18)32/h5-8,13-14,17,19-20,23,33-34H,9-12H2,1-4H3,(H,27,35)(H2,26,28,29)/t17-,19-,20-,23-/m1/s1. The molecule has 4 rings (SSSR count). The highest BCUT2D eigenvalue weighted by Gasteiger charge is 2.44. The predicted molar refractivity (Wildman–Crippen MR) is 136 cm³/mol. The van der Waals surface area contributed by atoms with Crippen LogP contribution in [0.25, 0.3) is 11.2 Å². The van der Waals surface area contributed by atoms with E-state index in [0.717, 1.165) is 5.56 Å². The SMILES string of the molecule is CN(CCOC(=O)NCc1ccc(C(C)(C)C)cc1)C[C@H]1O[C@@H](n2cnc3c(N)ncnc32)[C@H](O)[C@@H]1O. The van der Waals surface area contributed by atoms with Gasteiger partial charge < -0.3 is 35.6 Å². The van der Waals surface area contributed by atoms with Crippen molar-refractivity contribution >= 4 is 23.1 Å². The van der Waals surface area contributed by atoms with E-state index in [9.17, 15) is 15.0 Å². The summed E-state index contributed by atoms with van der Waals surface area (Å²) in [6, 6.07) is 8.13. The van der Waals surface area contributed by atoms with Gasteiger partial charge in [-0.25, -0.2) is 19.7 Å². The number of ether oxygens (including phenoxy) is 2. The Balaban J connectivity index is 1.22. The molecule has 1 aromatic carbocycles. The van der Waals surface area contributed by atoms with Crippen LogP contribution in [0.1, 0.15) is 38.1 Å². The van der Waals surface area contributed by atoms with E-state index in [1.165, 1.54) is 22.8 Å². The summed E-state index contributed by atoms with van der Waals surface area (Å²) in [6.07, 6.45) is -1.62. The Labute approximate surface area is 215 Å². The number of aromatic nitrogens is 4. The van der Waals surface area contributed by atoms with Gasteiger partial charge in [0.05, 0.1) is 6.33 Å². The van der Waals surface area contributed by atoms with Gasteiger partial charge >= 0.3 is 6.09 Å². The van der Waals surface area contributed by atoms with Crippen molar-refractivity contribution in [3.63, 3.8) is 0 Å². The van der Waals surface area contributed by atoms with Gasteiger partial charge in [-0.05, 0) is 23.6 Å². The lowest BCUT2D eigenvalue weighted by Crippen LogP contribution is -2.40. The first-order chi connectivity index (χ1) is 17.5. The maximum absolute atomic E-state index is 12.1. The molecular weight excluding hydrogens is 478 g/mol. The van der Waals surface area contributed by atoms with E-state index < -0.39 is 30.6 Å². The number of alkyl carbamates (subject to hydrolysis) is 1. The number of carbonyl (C=O) groups excluding carboxylic acids is 1. The Hall–Kier alpha value is -3.32. The molecule has 12 nitrogen and oxygen atoms in total. The monoisotopic (exact) mass is 513 g/mol. The van der Waals surface area contributed by atoms with Crippen molar-refractivity contribution in [3.05, 3.63) is 48.0 Å². The van der Waals surface area contributed by atoms with Gasteiger partial charge in [-0.1, -0.05) is 45.0 Å². The van der Waals surface area contributed by atoms with Crippen molar-refractivity contribution in [1.29, 1.82) is 0 Å². The van der Waals surface area contributed by atoms with Crippen LogP contribution in [-0.2, 0) is 21.4 Å². The number of hydrogen-bond acceptors (Lipinski definition) is 10. The average molecular weight is 514 g/mol. The van der Waals surface area contributed by atoms with Crippen LogP contribution in [0, 0.1) is 0 Å². The van der Waals surface area contributed by atoms with Gasteiger partial charge in [0.1, 0.15) is 36.8 Å². The minimum Gasteiger partial charge on any atom is -0.448 e. The smallest absolute Gasteiger partial charge is 0.407 e. The van der Waals surface area contributed by atoms with E-state index >= 15 is 0 Å². The summed E-state index contributed by atoms with van der Waals surface area (Å²) >= 11 is 0. The quantitative estimate of drug-likeness (QED) is 0.344. The van der Waals surface area contributed by atoms with Gasteiger partial charge in [-0.2, -0.15) is 0 Å². The van der Waals surface area contributed by atoms with Crippen LogP contribution in [0.3, 0.4) is 0 Å². The fraction of sp³-hybridized carbons (Fsp3) is 0.520. The first kappa shape index (κ1) is 26.7. The zero-order valence-electron chi connectivity index (χ0n) is 21.5. The molecule has 1 amide bonds. The third-order valence-electron chi connectivity index (χ3n) is 6.45. The zero-order chi connectivity index (χ0) is 26.7. The van der Waals surface area contributed by atoms with E-state index in [1.807, 2.05) is 24.1 Å². The molecule has 3 heterocycles. The maximum Gasteiger partial charge on any atom is 0.407 e. The second-order valence-electron chi connectivity index (χ2n) is 10.3. The van der Waals surface area contributed by atoms with Crippen molar-refractivity contribution in [3.8, 4) is 0 Å². The van der Waals surface area contributed by atoms with E-state index in [0.29, 0.717) is 30.8 Å². The van der Waals surface area contributed by atoms with E-state index in [1.54, 1.807) is 0 Å². The number of fused-ring (bicyclic) bond motifs is 1. The van der Waals surface area contributed by atoms with Gasteiger partial charge in [0.2, 0.25) is 0 Å². The molecule has 5 N–H and O–H groups in total. The molecule has 0 spiro atoms. The highest BCUT2D eigenvalue weighted by molar-refractivity contribution is 5.81. The molecule has 0 bridgehead atoms. The lowest BCUT2D eigenvalue weighted by Gasteiger charge is -2.22. The van der Waals surface area contributed by atoms with Crippen molar-refractivity contribution in [1.82, 2.24) is 29.7 Å². The number of imidazole rings is 1. The Morgan fingerprint density at radius 3 is 2.62 bits per heavy atom. The zero-order valence-corrected chi connectivity index (χ0v) is 21.5. The van der Waals surface area contributed by atoms with Gasteiger partial charge in [-0.15, -0.1) is 0 Å². The minimum absolute atomic E-state index is 0.0762. The molecular formula is C25H35N7O5. The molecule has 2 aromatic heterocycles. The van der Waals surface area contributed by atoms with Crippen LogP contribution < -0.4 is 11.1 Å². The number of rotatable bonds is 8.